The third-order valence-electron chi connectivity index (χ3n) is 8.31. The van der Waals surface area contributed by atoms with Crippen molar-refractivity contribution < 1.29 is 24.2 Å². The van der Waals surface area contributed by atoms with Crippen LogP contribution in [0.3, 0.4) is 0 Å². The molecule has 2 fully saturated rings. The Hall–Kier alpha value is -4.61. The number of piperazine rings is 1. The van der Waals surface area contributed by atoms with Crippen molar-refractivity contribution in [1.82, 2.24) is 19.2 Å². The van der Waals surface area contributed by atoms with Crippen molar-refractivity contribution in [3.05, 3.63) is 99.2 Å². The first kappa shape index (κ1) is 29.5. The number of carboxylic acid groups (broad SMARTS) is 1. The quantitative estimate of drug-likeness (QED) is 0.261. The van der Waals surface area contributed by atoms with Gasteiger partial charge >= 0.3 is 5.97 Å². The first-order valence-electron chi connectivity index (χ1n) is 14.7. The molecule has 1 aliphatic carbocycles. The fourth-order valence-corrected chi connectivity index (χ4v) is 5.74. The summed E-state index contributed by atoms with van der Waals surface area (Å²) in [4.78, 5) is 46.1. The molecule has 1 saturated carbocycles. The summed E-state index contributed by atoms with van der Waals surface area (Å²) in [5, 5.41) is 24.1. The summed E-state index contributed by atoms with van der Waals surface area (Å²) in [7, 11) is 0. The van der Waals surface area contributed by atoms with Gasteiger partial charge in [0.15, 0.2) is 5.72 Å². The second-order valence-corrected chi connectivity index (χ2v) is 11.8. The molecule has 44 heavy (non-hydrogen) atoms. The second kappa shape index (κ2) is 11.5. The van der Waals surface area contributed by atoms with Crippen LogP contribution in [0.4, 0.5) is 10.1 Å². The number of aliphatic hydroxyl groups is 1. The van der Waals surface area contributed by atoms with Crippen LogP contribution in [0.25, 0.3) is 16.9 Å². The largest absolute Gasteiger partial charge is 0.478 e. The summed E-state index contributed by atoms with van der Waals surface area (Å²) in [5.74, 6) is -1.16. The smallest absolute Gasteiger partial charge is 0.337 e. The molecule has 2 aromatic heterocycles. The summed E-state index contributed by atoms with van der Waals surface area (Å²) in [6.45, 7) is 6.26. The molecule has 2 aliphatic rings. The zero-order valence-electron chi connectivity index (χ0n) is 24.6. The number of fused-ring (bicyclic) bond motifs is 1. The number of hydrogen-bond donors (Lipinski definition) is 3. The number of amides is 1. The molecule has 3 N–H and O–H groups in total. The molecule has 11 heteroatoms. The van der Waals surface area contributed by atoms with E-state index in [4.69, 9.17) is 0 Å². The summed E-state index contributed by atoms with van der Waals surface area (Å²) < 4.78 is 16.7. The predicted octanol–water partition coefficient (Wildman–Crippen LogP) is 3.84. The lowest BCUT2D eigenvalue weighted by Gasteiger charge is -2.35. The molecule has 0 radical (unpaired) electrons. The fraction of sp³-hybridized carbons (Fsp3) is 0.333. The first-order chi connectivity index (χ1) is 21.0. The van der Waals surface area contributed by atoms with Crippen molar-refractivity contribution >= 4 is 23.2 Å². The first-order valence-corrected chi connectivity index (χ1v) is 14.7. The number of aryl methyl sites for hydroxylation is 1. The zero-order valence-corrected chi connectivity index (χ0v) is 24.6. The van der Waals surface area contributed by atoms with E-state index in [-0.39, 0.29) is 40.0 Å². The van der Waals surface area contributed by atoms with Crippen molar-refractivity contribution in [2.24, 2.45) is 5.92 Å². The Labute approximate surface area is 253 Å². The van der Waals surface area contributed by atoms with Crippen LogP contribution in [0.1, 0.15) is 46.8 Å². The number of pyridine rings is 1. The van der Waals surface area contributed by atoms with E-state index in [2.05, 4.69) is 15.2 Å². The molecule has 4 aromatic rings. The van der Waals surface area contributed by atoms with Crippen molar-refractivity contribution in [1.29, 1.82) is 0 Å². The number of carbonyl (C=O) groups is 2. The number of anilines is 1. The Bertz CT molecular complexity index is 1830. The van der Waals surface area contributed by atoms with E-state index < -0.39 is 23.1 Å². The van der Waals surface area contributed by atoms with Crippen LogP contribution in [0.5, 0.6) is 0 Å². The molecule has 1 atom stereocenters. The van der Waals surface area contributed by atoms with Gasteiger partial charge in [0, 0.05) is 67.6 Å². The Morgan fingerprint density at radius 2 is 1.80 bits per heavy atom. The number of nitrogens with one attached hydrogen (secondary N) is 1. The van der Waals surface area contributed by atoms with E-state index in [1.165, 1.54) is 29.5 Å². The van der Waals surface area contributed by atoms with Gasteiger partial charge in [-0.25, -0.2) is 14.2 Å². The molecule has 0 unspecified atom stereocenters. The number of carboxylic acids is 1. The van der Waals surface area contributed by atoms with E-state index in [0.29, 0.717) is 49.4 Å². The molecule has 6 rings (SSSR count). The summed E-state index contributed by atoms with van der Waals surface area (Å²) in [6, 6.07) is 13.9. The molecule has 1 saturated heterocycles. The molecule has 3 heterocycles. The second-order valence-electron chi connectivity index (χ2n) is 11.8. The number of aromatic carboxylic acids is 1. The number of carbonyl (C=O) groups excluding carboxylic acids is 1. The van der Waals surface area contributed by atoms with E-state index in [0.717, 1.165) is 12.8 Å². The zero-order chi connectivity index (χ0) is 31.2. The molecule has 2 aromatic carbocycles. The van der Waals surface area contributed by atoms with Crippen LogP contribution in [-0.2, 0) is 17.1 Å². The Morgan fingerprint density at radius 1 is 1.07 bits per heavy atom. The van der Waals surface area contributed by atoms with E-state index in [9.17, 15) is 24.6 Å². The molecule has 1 amide bonds. The van der Waals surface area contributed by atoms with Gasteiger partial charge in [-0.2, -0.15) is 0 Å². The SMILES string of the molecule is Cc1cc([C@](C)(O)Nc2ccccc2C(=O)O)c2nc(-c3ccc(CN4CCN(C(=O)C5CC5)CC4)c(F)c3)cc(=O)n2c1. The maximum absolute atomic E-state index is 15.4. The molecule has 228 valence electrons. The predicted molar refractivity (Wildman–Crippen MR) is 163 cm³/mol. The van der Waals surface area contributed by atoms with E-state index in [1.54, 1.807) is 49.5 Å². The minimum Gasteiger partial charge on any atom is -0.478 e. The molecule has 1 aliphatic heterocycles. The lowest BCUT2D eigenvalue weighted by atomic mass is 10.0. The number of rotatable bonds is 8. The normalized spacial score (nSPS) is 17.0. The fourth-order valence-electron chi connectivity index (χ4n) is 5.74. The van der Waals surface area contributed by atoms with Crippen LogP contribution < -0.4 is 10.9 Å². The van der Waals surface area contributed by atoms with Crippen LogP contribution in [0, 0.1) is 18.7 Å². The molecular weight excluding hydrogens is 565 g/mol. The van der Waals surface area contributed by atoms with E-state index in [1.807, 2.05) is 4.90 Å². The van der Waals surface area contributed by atoms with Gasteiger partial charge in [0.05, 0.1) is 16.9 Å². The highest BCUT2D eigenvalue weighted by Gasteiger charge is 2.34. The maximum atomic E-state index is 15.4. The van der Waals surface area contributed by atoms with Crippen molar-refractivity contribution in [3.8, 4) is 11.3 Å². The van der Waals surface area contributed by atoms with Crippen LogP contribution in [0.2, 0.25) is 0 Å². The van der Waals surface area contributed by atoms with Gasteiger partial charge in [-0.1, -0.05) is 24.3 Å². The molecule has 10 nitrogen and oxygen atoms in total. The van der Waals surface area contributed by atoms with Gasteiger partial charge in [0.1, 0.15) is 11.5 Å². The lowest BCUT2D eigenvalue weighted by molar-refractivity contribution is -0.134. The average Bonchev–Trinajstić information content (AvgIpc) is 3.84. The average molecular weight is 600 g/mol. The highest BCUT2D eigenvalue weighted by Crippen LogP contribution is 2.32. The van der Waals surface area contributed by atoms with Crippen LogP contribution in [-0.4, -0.2) is 67.5 Å². The Balaban J connectivity index is 1.28. The number of halogens is 1. The van der Waals surface area contributed by atoms with Gasteiger partial charge < -0.3 is 20.4 Å². The number of aromatic nitrogens is 2. The van der Waals surface area contributed by atoms with Crippen molar-refractivity contribution in [3.63, 3.8) is 0 Å². The number of benzene rings is 2. The van der Waals surface area contributed by atoms with Gasteiger partial charge in [-0.3, -0.25) is 18.9 Å². The minimum atomic E-state index is -1.83. The van der Waals surface area contributed by atoms with Gasteiger partial charge in [-0.05, 0) is 56.5 Å². The highest BCUT2D eigenvalue weighted by atomic mass is 19.1. The number of para-hydroxylation sites is 1. The van der Waals surface area contributed by atoms with Gasteiger partial charge in [0.2, 0.25) is 5.91 Å². The highest BCUT2D eigenvalue weighted by molar-refractivity contribution is 5.94. The van der Waals surface area contributed by atoms with Crippen molar-refractivity contribution in [2.75, 3.05) is 31.5 Å². The molecular formula is C33H34FN5O5. The maximum Gasteiger partial charge on any atom is 0.337 e. The Kier molecular flexibility index (Phi) is 7.68. The third-order valence-corrected chi connectivity index (χ3v) is 8.31. The van der Waals surface area contributed by atoms with Gasteiger partial charge in [0.25, 0.3) is 5.56 Å². The summed E-state index contributed by atoms with van der Waals surface area (Å²) in [5.41, 5.74) is 0.125. The standard InChI is InChI=1S/C33H34FN5O5/c1-20-15-25(33(2,44)36-27-6-4-3-5-24(27)32(42)43)30-35-28(17-29(40)39(30)18-20)22-9-10-23(26(34)16-22)19-37-11-13-38(14-12-37)31(41)21-7-8-21/h3-6,9-10,15-18,21,36,44H,7-8,11-14,19H2,1-2H3,(H,42,43)/t33-/m0/s1. The number of nitrogens with zero attached hydrogens (tertiary/aromatic N) is 4. The van der Waals surface area contributed by atoms with Gasteiger partial charge in [-0.15, -0.1) is 0 Å². The monoisotopic (exact) mass is 599 g/mol. The topological polar surface area (TPSA) is 127 Å². The lowest BCUT2D eigenvalue weighted by Crippen LogP contribution is -2.48. The van der Waals surface area contributed by atoms with Crippen LogP contribution in [0.15, 0.2) is 65.6 Å². The molecule has 0 bridgehead atoms. The van der Waals surface area contributed by atoms with E-state index >= 15 is 4.39 Å². The minimum absolute atomic E-state index is 0.0280. The Morgan fingerprint density at radius 3 is 2.48 bits per heavy atom. The summed E-state index contributed by atoms with van der Waals surface area (Å²) >= 11 is 0. The third kappa shape index (κ3) is 5.93. The number of hydrogen-bond acceptors (Lipinski definition) is 7. The van der Waals surface area contributed by atoms with Crippen LogP contribution >= 0.6 is 0 Å². The molecule has 0 spiro atoms. The van der Waals surface area contributed by atoms with Crippen molar-refractivity contribution in [2.45, 2.75) is 39.0 Å². The summed E-state index contributed by atoms with van der Waals surface area (Å²) in [6.07, 6.45) is 3.56.